The fraction of sp³-hybridized carbons (Fsp3) is 0.500. The zero-order chi connectivity index (χ0) is 15.1. The molecule has 2 aliphatic heterocycles. The molecule has 2 heterocycles. The predicted molar refractivity (Wildman–Crippen MR) is 72.4 cm³/mol. The van der Waals surface area contributed by atoms with Gasteiger partial charge < -0.3 is 15.5 Å². The van der Waals surface area contributed by atoms with E-state index in [9.17, 15) is 14.4 Å². The highest BCUT2D eigenvalue weighted by atomic mass is 16.4. The van der Waals surface area contributed by atoms with Crippen LogP contribution in [0.2, 0.25) is 0 Å². The Balaban J connectivity index is 0.000000221. The molecule has 0 saturated carbocycles. The number of nitrogens with one attached hydrogen (secondary N) is 1. The van der Waals surface area contributed by atoms with Crippen LogP contribution in [-0.2, 0) is 14.4 Å². The molecule has 6 heteroatoms. The van der Waals surface area contributed by atoms with E-state index >= 15 is 0 Å². The standard InChI is InChI=1S/C10H15NO.C4H4O4/c1-7(12)9-4-2-3-8-5-6-10(9)11-8;5-3(6)1-2-4(7)8/h4,8,10-11H,2-3,5-6H2,1H3;1-2H,(H,5,6)(H,7,8)/t8-,10-;/m1./s1. The topological polar surface area (TPSA) is 104 Å². The van der Waals surface area contributed by atoms with E-state index in [2.05, 4.69) is 11.4 Å². The van der Waals surface area contributed by atoms with Crippen molar-refractivity contribution in [2.45, 2.75) is 44.7 Å². The van der Waals surface area contributed by atoms with E-state index in [1.807, 2.05) is 0 Å². The molecule has 0 aromatic carbocycles. The maximum Gasteiger partial charge on any atom is 0.328 e. The summed E-state index contributed by atoms with van der Waals surface area (Å²) >= 11 is 0. The summed E-state index contributed by atoms with van der Waals surface area (Å²) in [6, 6.07) is 1.04. The summed E-state index contributed by atoms with van der Waals surface area (Å²) in [7, 11) is 0. The van der Waals surface area contributed by atoms with Crippen molar-refractivity contribution in [2.75, 3.05) is 0 Å². The molecular formula is C14H19NO5. The minimum atomic E-state index is -1.26. The lowest BCUT2D eigenvalue weighted by Crippen LogP contribution is -2.30. The van der Waals surface area contributed by atoms with Gasteiger partial charge in [0.2, 0.25) is 0 Å². The maximum atomic E-state index is 11.2. The lowest BCUT2D eigenvalue weighted by atomic mass is 9.98. The molecule has 6 nitrogen and oxygen atoms in total. The number of ketones is 1. The van der Waals surface area contributed by atoms with Gasteiger partial charge in [0.05, 0.1) is 0 Å². The average molecular weight is 281 g/mol. The van der Waals surface area contributed by atoms with Crippen LogP contribution in [0.15, 0.2) is 23.8 Å². The van der Waals surface area contributed by atoms with Crippen molar-refractivity contribution < 1.29 is 24.6 Å². The molecule has 2 rings (SSSR count). The van der Waals surface area contributed by atoms with E-state index in [1.54, 1.807) is 6.92 Å². The van der Waals surface area contributed by atoms with Crippen molar-refractivity contribution in [3.8, 4) is 0 Å². The number of aliphatic carboxylic acids is 2. The van der Waals surface area contributed by atoms with Gasteiger partial charge in [-0.15, -0.1) is 0 Å². The second-order valence-corrected chi connectivity index (χ2v) is 4.80. The number of carboxylic acids is 2. The minimum Gasteiger partial charge on any atom is -0.478 e. The molecule has 0 aliphatic carbocycles. The summed E-state index contributed by atoms with van der Waals surface area (Å²) in [6.07, 6.45) is 7.91. The van der Waals surface area contributed by atoms with E-state index in [0.29, 0.717) is 24.2 Å². The van der Waals surface area contributed by atoms with Crippen molar-refractivity contribution in [3.63, 3.8) is 0 Å². The molecule has 0 aromatic rings. The van der Waals surface area contributed by atoms with Gasteiger partial charge in [0.25, 0.3) is 0 Å². The fourth-order valence-electron chi connectivity index (χ4n) is 2.41. The molecule has 0 spiro atoms. The number of carbonyl (C=O) groups is 3. The third-order valence-corrected chi connectivity index (χ3v) is 3.27. The summed E-state index contributed by atoms with van der Waals surface area (Å²) in [5, 5.41) is 19.1. The Morgan fingerprint density at radius 2 is 1.75 bits per heavy atom. The van der Waals surface area contributed by atoms with Gasteiger partial charge in [-0.3, -0.25) is 4.79 Å². The van der Waals surface area contributed by atoms with Crippen LogP contribution in [0.1, 0.15) is 32.6 Å². The van der Waals surface area contributed by atoms with Crippen LogP contribution in [0.4, 0.5) is 0 Å². The van der Waals surface area contributed by atoms with Gasteiger partial charge in [-0.2, -0.15) is 0 Å². The molecule has 0 amide bonds. The number of allylic oxidation sites excluding steroid dienone is 1. The lowest BCUT2D eigenvalue weighted by molar-refractivity contribution is -0.134. The molecule has 0 unspecified atom stereocenters. The van der Waals surface area contributed by atoms with Crippen molar-refractivity contribution in [2.24, 2.45) is 0 Å². The molecule has 1 saturated heterocycles. The highest BCUT2D eigenvalue weighted by molar-refractivity contribution is 5.94. The minimum absolute atomic E-state index is 0.245. The summed E-state index contributed by atoms with van der Waals surface area (Å²) in [6.45, 7) is 1.67. The SMILES string of the molecule is CC(=O)C1=CCC[C@@H]2CC[C@H]1N2.O=C(O)C=CC(=O)O. The zero-order valence-electron chi connectivity index (χ0n) is 11.3. The molecule has 20 heavy (non-hydrogen) atoms. The summed E-state index contributed by atoms with van der Waals surface area (Å²) in [5.74, 6) is -2.27. The second-order valence-electron chi connectivity index (χ2n) is 4.80. The Hall–Kier alpha value is -1.95. The molecule has 2 aliphatic rings. The Morgan fingerprint density at radius 3 is 2.25 bits per heavy atom. The highest BCUT2D eigenvalue weighted by Gasteiger charge is 2.29. The molecule has 1 fully saturated rings. The van der Waals surface area contributed by atoms with Gasteiger partial charge in [0, 0.05) is 29.8 Å². The smallest absolute Gasteiger partial charge is 0.328 e. The van der Waals surface area contributed by atoms with Gasteiger partial charge in [-0.25, -0.2) is 9.59 Å². The maximum absolute atomic E-state index is 11.2. The van der Waals surface area contributed by atoms with E-state index in [0.717, 1.165) is 18.4 Å². The second kappa shape index (κ2) is 7.59. The van der Waals surface area contributed by atoms with Gasteiger partial charge in [-0.1, -0.05) is 6.08 Å². The third-order valence-electron chi connectivity index (χ3n) is 3.27. The number of carboxylic acid groups (broad SMARTS) is 2. The van der Waals surface area contributed by atoms with Gasteiger partial charge >= 0.3 is 11.9 Å². The van der Waals surface area contributed by atoms with E-state index in [1.165, 1.54) is 12.8 Å². The number of rotatable bonds is 3. The predicted octanol–water partition coefficient (Wildman–Crippen LogP) is 1.13. The Bertz CT molecular complexity index is 436. The first kappa shape index (κ1) is 16.1. The molecule has 2 bridgehead atoms. The van der Waals surface area contributed by atoms with Crippen LogP contribution in [-0.4, -0.2) is 40.0 Å². The van der Waals surface area contributed by atoms with Gasteiger partial charge in [0.1, 0.15) is 0 Å². The largest absolute Gasteiger partial charge is 0.478 e. The number of hydrogen-bond donors (Lipinski definition) is 3. The van der Waals surface area contributed by atoms with E-state index in [-0.39, 0.29) is 5.78 Å². The summed E-state index contributed by atoms with van der Waals surface area (Å²) in [5.41, 5.74) is 1.02. The lowest BCUT2D eigenvalue weighted by Gasteiger charge is -2.11. The summed E-state index contributed by atoms with van der Waals surface area (Å²) < 4.78 is 0. The van der Waals surface area contributed by atoms with E-state index < -0.39 is 11.9 Å². The van der Waals surface area contributed by atoms with Crippen LogP contribution in [0, 0.1) is 0 Å². The van der Waals surface area contributed by atoms with Crippen LogP contribution < -0.4 is 5.32 Å². The zero-order valence-corrected chi connectivity index (χ0v) is 11.3. The molecule has 3 N–H and O–H groups in total. The van der Waals surface area contributed by atoms with Gasteiger partial charge in [-0.05, 0) is 32.6 Å². The first-order valence-corrected chi connectivity index (χ1v) is 6.51. The fourth-order valence-corrected chi connectivity index (χ4v) is 2.41. The van der Waals surface area contributed by atoms with Gasteiger partial charge in [0.15, 0.2) is 5.78 Å². The van der Waals surface area contributed by atoms with Crippen molar-refractivity contribution in [3.05, 3.63) is 23.8 Å². The number of Topliss-reactive ketones (excluding diaryl/α,β-unsaturated/α-hetero) is 1. The highest BCUT2D eigenvalue weighted by Crippen LogP contribution is 2.26. The number of hydrogen-bond acceptors (Lipinski definition) is 4. The van der Waals surface area contributed by atoms with Crippen LogP contribution in [0.5, 0.6) is 0 Å². The van der Waals surface area contributed by atoms with E-state index in [4.69, 9.17) is 10.2 Å². The third kappa shape index (κ3) is 5.36. The van der Waals surface area contributed by atoms with Crippen molar-refractivity contribution >= 4 is 17.7 Å². The molecular weight excluding hydrogens is 262 g/mol. The number of carbonyl (C=O) groups excluding carboxylic acids is 1. The van der Waals surface area contributed by atoms with Crippen LogP contribution in [0.3, 0.4) is 0 Å². The number of fused-ring (bicyclic) bond motifs is 2. The quantitative estimate of drug-likeness (QED) is 0.670. The first-order valence-electron chi connectivity index (χ1n) is 6.51. The molecule has 110 valence electrons. The Kier molecular flexibility index (Phi) is 6.11. The Labute approximate surface area is 117 Å². The molecule has 0 radical (unpaired) electrons. The average Bonchev–Trinajstić information content (AvgIpc) is 2.68. The summed E-state index contributed by atoms with van der Waals surface area (Å²) in [4.78, 5) is 30.3. The Morgan fingerprint density at radius 1 is 1.15 bits per heavy atom. The van der Waals surface area contributed by atoms with Crippen LogP contribution in [0.25, 0.3) is 0 Å². The molecule has 0 aromatic heterocycles. The first-order chi connectivity index (χ1) is 9.40. The normalized spacial score (nSPS) is 24.4. The monoisotopic (exact) mass is 281 g/mol. The van der Waals surface area contributed by atoms with Crippen molar-refractivity contribution in [1.29, 1.82) is 0 Å². The van der Waals surface area contributed by atoms with Crippen LogP contribution >= 0.6 is 0 Å². The molecule has 2 atom stereocenters. The van der Waals surface area contributed by atoms with Crippen molar-refractivity contribution in [1.82, 2.24) is 5.32 Å².